The normalized spacial score (nSPS) is 21.0. The van der Waals surface area contributed by atoms with Crippen molar-refractivity contribution >= 4 is 22.2 Å². The molecule has 138 valence electrons. The second-order valence-electron chi connectivity index (χ2n) is 6.73. The first-order valence-electron chi connectivity index (χ1n) is 9.15. The summed E-state index contributed by atoms with van der Waals surface area (Å²) in [7, 11) is 0. The predicted octanol–water partition coefficient (Wildman–Crippen LogP) is 3.11. The molecule has 5 nitrogen and oxygen atoms in total. The summed E-state index contributed by atoms with van der Waals surface area (Å²) in [6.45, 7) is 7.14. The Morgan fingerprint density at radius 1 is 1.12 bits per heavy atom. The van der Waals surface area contributed by atoms with Gasteiger partial charge >= 0.3 is 0 Å². The zero-order valence-electron chi connectivity index (χ0n) is 15.0. The molecule has 0 spiro atoms. The molecule has 26 heavy (non-hydrogen) atoms. The van der Waals surface area contributed by atoms with E-state index in [-0.39, 0.29) is 12.0 Å². The van der Waals surface area contributed by atoms with Crippen LogP contribution in [0.15, 0.2) is 36.4 Å². The molecule has 0 radical (unpaired) electrons. The van der Waals surface area contributed by atoms with Crippen LogP contribution in [0.1, 0.15) is 16.6 Å². The molecule has 0 bridgehead atoms. The van der Waals surface area contributed by atoms with Crippen LogP contribution in [0.4, 0.5) is 5.00 Å². The first-order chi connectivity index (χ1) is 12.7. The number of carbonyl (C=O) groups is 1. The van der Waals surface area contributed by atoms with Crippen LogP contribution >= 0.6 is 11.3 Å². The number of hydrogen-bond donors (Lipinski definition) is 0. The summed E-state index contributed by atoms with van der Waals surface area (Å²) in [4.78, 5) is 18.1. The smallest absolute Gasteiger partial charge is 0.264 e. The summed E-state index contributed by atoms with van der Waals surface area (Å²) in [5.41, 5.74) is 2.29. The van der Waals surface area contributed by atoms with E-state index in [1.54, 1.807) is 11.3 Å². The summed E-state index contributed by atoms with van der Waals surface area (Å²) in [5, 5.41) is 1.17. The average molecular weight is 372 g/mol. The van der Waals surface area contributed by atoms with Crippen molar-refractivity contribution in [2.75, 3.05) is 50.9 Å². The molecule has 2 aliphatic heterocycles. The van der Waals surface area contributed by atoms with E-state index in [4.69, 9.17) is 9.47 Å². The topological polar surface area (TPSA) is 42.0 Å². The molecule has 1 atom stereocenters. The number of amides is 1. The fourth-order valence-electron chi connectivity index (χ4n) is 3.47. The van der Waals surface area contributed by atoms with E-state index in [0.29, 0.717) is 19.7 Å². The minimum Gasteiger partial charge on any atom is -0.378 e. The second-order valence-corrected chi connectivity index (χ2v) is 7.76. The maximum atomic E-state index is 13.1. The number of hydrogen-bond acceptors (Lipinski definition) is 5. The highest BCUT2D eigenvalue weighted by atomic mass is 32.1. The van der Waals surface area contributed by atoms with Crippen LogP contribution in [-0.4, -0.2) is 62.9 Å². The van der Waals surface area contributed by atoms with Crippen molar-refractivity contribution in [3.63, 3.8) is 0 Å². The van der Waals surface area contributed by atoms with E-state index >= 15 is 0 Å². The summed E-state index contributed by atoms with van der Waals surface area (Å²) >= 11 is 1.60. The minimum absolute atomic E-state index is 0.0972. The van der Waals surface area contributed by atoms with Gasteiger partial charge in [0.2, 0.25) is 0 Å². The van der Waals surface area contributed by atoms with Crippen molar-refractivity contribution in [1.82, 2.24) is 4.90 Å². The van der Waals surface area contributed by atoms with Crippen LogP contribution in [0.2, 0.25) is 0 Å². The van der Waals surface area contributed by atoms with E-state index in [0.717, 1.165) is 42.3 Å². The van der Waals surface area contributed by atoms with Crippen LogP contribution in [0.25, 0.3) is 11.1 Å². The molecule has 4 rings (SSSR count). The largest absolute Gasteiger partial charge is 0.378 e. The third-order valence-corrected chi connectivity index (χ3v) is 6.02. The summed E-state index contributed by atoms with van der Waals surface area (Å²) in [5.74, 6) is 0.113. The molecule has 6 heteroatoms. The molecule has 0 N–H and O–H groups in total. The van der Waals surface area contributed by atoms with E-state index in [1.165, 1.54) is 5.00 Å². The van der Waals surface area contributed by atoms with Crippen molar-refractivity contribution in [3.05, 3.63) is 41.3 Å². The fraction of sp³-hybridized carbons (Fsp3) is 0.450. The Bertz CT molecular complexity index is 756. The van der Waals surface area contributed by atoms with Crippen molar-refractivity contribution in [3.8, 4) is 11.1 Å². The zero-order valence-corrected chi connectivity index (χ0v) is 15.8. The van der Waals surface area contributed by atoms with Crippen LogP contribution in [0.5, 0.6) is 0 Å². The van der Waals surface area contributed by atoms with Gasteiger partial charge in [0.15, 0.2) is 0 Å². The van der Waals surface area contributed by atoms with Gasteiger partial charge in [-0.25, -0.2) is 0 Å². The van der Waals surface area contributed by atoms with Crippen molar-refractivity contribution in [1.29, 1.82) is 0 Å². The standard InChI is InChI=1S/C20H24N2O3S/c1-15-14-22(9-12-25-15)19(23)18-13-17(16-5-3-2-4-6-16)20(26-18)21-7-10-24-11-8-21/h2-6,13,15H,7-12,14H2,1H3/t15-/m0/s1. The van der Waals surface area contributed by atoms with E-state index in [9.17, 15) is 4.79 Å². The number of carbonyl (C=O) groups excluding carboxylic acids is 1. The number of nitrogens with zero attached hydrogens (tertiary/aromatic N) is 2. The Balaban J connectivity index is 1.67. The third-order valence-electron chi connectivity index (χ3n) is 4.83. The van der Waals surface area contributed by atoms with Gasteiger partial charge in [-0.2, -0.15) is 0 Å². The molecule has 0 unspecified atom stereocenters. The first-order valence-corrected chi connectivity index (χ1v) is 9.97. The second kappa shape index (κ2) is 7.78. The lowest BCUT2D eigenvalue weighted by atomic mass is 10.1. The Kier molecular flexibility index (Phi) is 5.24. The van der Waals surface area contributed by atoms with Gasteiger partial charge in [-0.1, -0.05) is 30.3 Å². The number of morpholine rings is 2. The molecule has 0 aliphatic carbocycles. The zero-order chi connectivity index (χ0) is 17.9. The number of thiophene rings is 1. The predicted molar refractivity (Wildman–Crippen MR) is 104 cm³/mol. The van der Waals surface area contributed by atoms with Crippen molar-refractivity contribution < 1.29 is 14.3 Å². The summed E-state index contributed by atoms with van der Waals surface area (Å²) < 4.78 is 11.1. The lowest BCUT2D eigenvalue weighted by Gasteiger charge is -2.31. The Morgan fingerprint density at radius 2 is 1.88 bits per heavy atom. The Morgan fingerprint density at radius 3 is 2.62 bits per heavy atom. The van der Waals surface area contributed by atoms with Gasteiger partial charge in [0.05, 0.1) is 35.8 Å². The quantitative estimate of drug-likeness (QED) is 0.830. The minimum atomic E-state index is 0.0972. The number of anilines is 1. The van der Waals surface area contributed by atoms with E-state index < -0.39 is 0 Å². The van der Waals surface area contributed by atoms with Gasteiger partial charge in [0.25, 0.3) is 5.91 Å². The molecule has 0 saturated carbocycles. The van der Waals surface area contributed by atoms with Gasteiger partial charge < -0.3 is 19.3 Å². The molecule has 2 aromatic rings. The van der Waals surface area contributed by atoms with Gasteiger partial charge in [0, 0.05) is 31.7 Å². The van der Waals surface area contributed by atoms with Gasteiger partial charge in [-0.15, -0.1) is 11.3 Å². The highest BCUT2D eigenvalue weighted by Crippen LogP contribution is 2.40. The van der Waals surface area contributed by atoms with E-state index in [2.05, 4.69) is 23.1 Å². The highest BCUT2D eigenvalue weighted by Gasteiger charge is 2.27. The van der Waals surface area contributed by atoms with Crippen LogP contribution < -0.4 is 4.90 Å². The number of rotatable bonds is 3. The Labute approximate surface area is 158 Å². The van der Waals surface area contributed by atoms with Crippen LogP contribution in [-0.2, 0) is 9.47 Å². The highest BCUT2D eigenvalue weighted by molar-refractivity contribution is 7.18. The van der Waals surface area contributed by atoms with Crippen molar-refractivity contribution in [2.45, 2.75) is 13.0 Å². The Hall–Kier alpha value is -1.89. The molecule has 1 amide bonds. The lowest BCUT2D eigenvalue weighted by molar-refractivity contribution is -0.0122. The van der Waals surface area contributed by atoms with E-state index in [1.807, 2.05) is 30.0 Å². The first kappa shape index (κ1) is 17.5. The maximum Gasteiger partial charge on any atom is 0.264 e. The maximum absolute atomic E-state index is 13.1. The number of benzene rings is 1. The van der Waals surface area contributed by atoms with Gasteiger partial charge in [0.1, 0.15) is 0 Å². The molecule has 2 aliphatic rings. The lowest BCUT2D eigenvalue weighted by Crippen LogP contribution is -2.44. The molecule has 3 heterocycles. The third kappa shape index (κ3) is 3.63. The van der Waals surface area contributed by atoms with Crippen molar-refractivity contribution in [2.24, 2.45) is 0 Å². The molecule has 1 aromatic heterocycles. The molecular weight excluding hydrogens is 348 g/mol. The van der Waals surface area contributed by atoms with Crippen LogP contribution in [0, 0.1) is 0 Å². The van der Waals surface area contributed by atoms with Crippen LogP contribution in [0.3, 0.4) is 0 Å². The van der Waals surface area contributed by atoms with Gasteiger partial charge in [-0.3, -0.25) is 4.79 Å². The number of ether oxygens (including phenoxy) is 2. The van der Waals surface area contributed by atoms with Gasteiger partial charge in [-0.05, 0) is 18.6 Å². The molecule has 2 saturated heterocycles. The SMILES string of the molecule is C[C@H]1CN(C(=O)c2cc(-c3ccccc3)c(N3CCOCC3)s2)CCO1. The molecule has 1 aromatic carbocycles. The average Bonchev–Trinajstić information content (AvgIpc) is 3.14. The summed E-state index contributed by atoms with van der Waals surface area (Å²) in [6.07, 6.45) is 0.0972. The molecule has 2 fully saturated rings. The monoisotopic (exact) mass is 372 g/mol. The summed E-state index contributed by atoms with van der Waals surface area (Å²) in [6, 6.07) is 12.4. The fourth-order valence-corrected chi connectivity index (χ4v) is 4.67. The molecular formula is C20H24N2O3S.